The fourth-order valence-corrected chi connectivity index (χ4v) is 2.74. The van der Waals surface area contributed by atoms with E-state index in [1.165, 1.54) is 0 Å². The van der Waals surface area contributed by atoms with Crippen molar-refractivity contribution in [2.24, 2.45) is 0 Å². The van der Waals surface area contributed by atoms with Gasteiger partial charge in [0.15, 0.2) is 11.5 Å². The van der Waals surface area contributed by atoms with E-state index in [0.717, 1.165) is 16.8 Å². The minimum Gasteiger partial charge on any atom is -0.505 e. The summed E-state index contributed by atoms with van der Waals surface area (Å²) >= 11 is 0. The molecule has 0 fully saturated rings. The molecule has 1 amide bonds. The fraction of sp³-hybridized carbons (Fsp3) is 0.200. The molecule has 0 aliphatic carbocycles. The predicted octanol–water partition coefficient (Wildman–Crippen LogP) is 2.30. The van der Waals surface area contributed by atoms with Crippen LogP contribution in [0.25, 0.3) is 5.57 Å². The van der Waals surface area contributed by atoms with Gasteiger partial charge in [0.25, 0.3) is 0 Å². The number of hydrogen-bond acceptors (Lipinski definition) is 2. The molecule has 0 bridgehead atoms. The standard InChI is InChI=1S/C15H13NO2/c1-9-8-10(2)16-13(9)14(17)12(15(16)18)11-6-4-3-5-7-11/h3-8,13H,1-2H3/p+1. The smallest absolute Gasteiger partial charge is 0.424 e. The average Bonchev–Trinajstić information content (AvgIpc) is 2.79. The lowest BCUT2D eigenvalue weighted by Gasteiger charge is -2.01. The van der Waals surface area contributed by atoms with Crippen LogP contribution in [0.2, 0.25) is 0 Å². The van der Waals surface area contributed by atoms with Crippen molar-refractivity contribution in [1.82, 2.24) is 0 Å². The van der Waals surface area contributed by atoms with Gasteiger partial charge in [-0.25, -0.2) is 4.79 Å². The normalized spacial score (nSPS) is 22.7. The molecule has 0 saturated heterocycles. The number of rotatable bonds is 1. The number of carbonyl (C=O) groups is 1. The summed E-state index contributed by atoms with van der Waals surface area (Å²) in [5.41, 5.74) is 3.09. The van der Waals surface area contributed by atoms with Crippen LogP contribution in [0.15, 0.2) is 47.7 Å². The van der Waals surface area contributed by atoms with Crippen molar-refractivity contribution in [2.75, 3.05) is 0 Å². The summed E-state index contributed by atoms with van der Waals surface area (Å²) in [5.74, 6) is 0.0473. The Morgan fingerprint density at radius 1 is 1.17 bits per heavy atom. The summed E-state index contributed by atoms with van der Waals surface area (Å²) in [6, 6.07) is 9.02. The number of aliphatic hydroxyl groups excluding tert-OH is 1. The van der Waals surface area contributed by atoms with Gasteiger partial charge >= 0.3 is 5.91 Å². The molecule has 2 aliphatic heterocycles. The monoisotopic (exact) mass is 240 g/mol. The van der Waals surface area contributed by atoms with Crippen LogP contribution < -0.4 is 0 Å². The van der Waals surface area contributed by atoms with E-state index in [9.17, 15) is 9.90 Å². The first-order valence-corrected chi connectivity index (χ1v) is 5.95. The van der Waals surface area contributed by atoms with Gasteiger partial charge in [0.1, 0.15) is 5.57 Å². The Bertz CT molecular complexity index is 636. The van der Waals surface area contributed by atoms with Gasteiger partial charge < -0.3 is 5.11 Å². The molecule has 3 nitrogen and oxygen atoms in total. The molecule has 0 aromatic heterocycles. The van der Waals surface area contributed by atoms with Gasteiger partial charge in [-0.2, -0.15) is 0 Å². The van der Waals surface area contributed by atoms with Gasteiger partial charge in [-0.1, -0.05) is 30.3 Å². The summed E-state index contributed by atoms with van der Waals surface area (Å²) < 4.78 is 1.66. The maximum Gasteiger partial charge on any atom is 0.424 e. The van der Waals surface area contributed by atoms with Crippen molar-refractivity contribution in [3.63, 3.8) is 0 Å². The molecule has 2 heterocycles. The average molecular weight is 240 g/mol. The highest BCUT2D eigenvalue weighted by Crippen LogP contribution is 2.34. The molecule has 90 valence electrons. The molecular weight excluding hydrogens is 226 g/mol. The maximum atomic E-state index is 12.4. The Hall–Kier alpha value is -2.16. The van der Waals surface area contributed by atoms with E-state index >= 15 is 0 Å². The van der Waals surface area contributed by atoms with E-state index in [4.69, 9.17) is 0 Å². The molecular formula is C15H14NO2+. The Morgan fingerprint density at radius 3 is 2.44 bits per heavy atom. The minimum absolute atomic E-state index is 0.116. The van der Waals surface area contributed by atoms with Crippen LogP contribution in [0, 0.1) is 0 Å². The second-order valence-corrected chi connectivity index (χ2v) is 4.73. The third kappa shape index (κ3) is 1.30. The zero-order valence-electron chi connectivity index (χ0n) is 10.3. The number of nitrogens with zero attached hydrogens (tertiary/aromatic N) is 1. The van der Waals surface area contributed by atoms with Crippen LogP contribution in [0.5, 0.6) is 0 Å². The summed E-state index contributed by atoms with van der Waals surface area (Å²) in [5, 5.41) is 10.3. The Morgan fingerprint density at radius 2 is 1.83 bits per heavy atom. The third-order valence-corrected chi connectivity index (χ3v) is 3.52. The predicted molar refractivity (Wildman–Crippen MR) is 69.5 cm³/mol. The highest BCUT2D eigenvalue weighted by Gasteiger charge is 2.50. The number of hydrogen-bond donors (Lipinski definition) is 1. The molecule has 0 saturated carbocycles. The third-order valence-electron chi connectivity index (χ3n) is 3.52. The molecule has 0 radical (unpaired) electrons. The number of fused-ring (bicyclic) bond motifs is 1. The van der Waals surface area contributed by atoms with E-state index in [0.29, 0.717) is 5.57 Å². The molecule has 1 aromatic carbocycles. The van der Waals surface area contributed by atoms with Gasteiger partial charge in [0.05, 0.1) is 0 Å². The largest absolute Gasteiger partial charge is 0.505 e. The van der Waals surface area contributed by atoms with Gasteiger partial charge in [-0.3, -0.25) is 0 Å². The lowest BCUT2D eigenvalue weighted by atomic mass is 10.0. The van der Waals surface area contributed by atoms with Gasteiger partial charge in [0.2, 0.25) is 6.04 Å². The molecule has 2 aliphatic rings. The highest BCUT2D eigenvalue weighted by molar-refractivity contribution is 6.20. The molecule has 1 N–H and O–H groups in total. The number of benzene rings is 1. The van der Waals surface area contributed by atoms with E-state index in [2.05, 4.69) is 0 Å². The molecule has 1 aromatic rings. The number of allylic oxidation sites excluding steroid dienone is 1. The zero-order valence-corrected chi connectivity index (χ0v) is 10.3. The maximum absolute atomic E-state index is 12.4. The Labute approximate surface area is 105 Å². The zero-order chi connectivity index (χ0) is 12.9. The van der Waals surface area contributed by atoms with Gasteiger partial charge in [0, 0.05) is 18.6 Å². The van der Waals surface area contributed by atoms with Gasteiger partial charge in [-0.15, -0.1) is 4.58 Å². The van der Waals surface area contributed by atoms with Crippen LogP contribution in [0.4, 0.5) is 0 Å². The number of carbonyl (C=O) groups excluding carboxylic acids is 1. The fourth-order valence-electron chi connectivity index (χ4n) is 2.74. The molecule has 18 heavy (non-hydrogen) atoms. The van der Waals surface area contributed by atoms with Crippen molar-refractivity contribution in [2.45, 2.75) is 19.9 Å². The molecule has 0 spiro atoms. The number of amides is 1. The van der Waals surface area contributed by atoms with Crippen molar-refractivity contribution >= 4 is 17.2 Å². The lowest BCUT2D eigenvalue weighted by Crippen LogP contribution is -2.26. The van der Waals surface area contributed by atoms with Crippen LogP contribution >= 0.6 is 0 Å². The Kier molecular flexibility index (Phi) is 2.23. The van der Waals surface area contributed by atoms with E-state index < -0.39 is 0 Å². The Balaban J connectivity index is 2.19. The SMILES string of the molecule is CC1=CC(C)=[N+]2C(=O)C(c3ccccc3)=C(O)C12. The van der Waals surface area contributed by atoms with Crippen LogP contribution in [0.1, 0.15) is 19.4 Å². The molecule has 3 rings (SSSR count). The summed E-state index contributed by atoms with van der Waals surface area (Å²) in [4.78, 5) is 12.4. The van der Waals surface area contributed by atoms with Crippen LogP contribution in [-0.4, -0.2) is 27.3 Å². The molecule has 1 atom stereocenters. The molecule has 1 unspecified atom stereocenters. The van der Waals surface area contributed by atoms with Crippen molar-refractivity contribution in [3.05, 3.63) is 53.3 Å². The first kappa shape index (κ1) is 11.0. The van der Waals surface area contributed by atoms with E-state index in [-0.39, 0.29) is 17.7 Å². The second kappa shape index (κ2) is 3.67. The van der Waals surface area contributed by atoms with Crippen molar-refractivity contribution in [1.29, 1.82) is 0 Å². The quantitative estimate of drug-likeness (QED) is 0.765. The van der Waals surface area contributed by atoms with Gasteiger partial charge in [-0.05, 0) is 12.5 Å². The lowest BCUT2D eigenvalue weighted by molar-refractivity contribution is -0.456. The number of aliphatic hydroxyl groups is 1. The minimum atomic E-state index is -0.298. The summed E-state index contributed by atoms with van der Waals surface area (Å²) in [6.07, 6.45) is 1.94. The van der Waals surface area contributed by atoms with Crippen molar-refractivity contribution < 1.29 is 14.5 Å². The van der Waals surface area contributed by atoms with E-state index in [1.807, 2.05) is 50.3 Å². The highest BCUT2D eigenvalue weighted by atomic mass is 16.3. The van der Waals surface area contributed by atoms with E-state index in [1.54, 1.807) is 4.58 Å². The molecule has 3 heteroatoms. The first-order chi connectivity index (χ1) is 8.61. The van der Waals surface area contributed by atoms with Crippen LogP contribution in [-0.2, 0) is 4.79 Å². The first-order valence-electron chi connectivity index (χ1n) is 5.95. The topological polar surface area (TPSA) is 40.3 Å². The summed E-state index contributed by atoms with van der Waals surface area (Å²) in [7, 11) is 0. The summed E-state index contributed by atoms with van der Waals surface area (Å²) in [6.45, 7) is 3.83. The van der Waals surface area contributed by atoms with Crippen molar-refractivity contribution in [3.8, 4) is 0 Å². The second-order valence-electron chi connectivity index (χ2n) is 4.73. The van der Waals surface area contributed by atoms with Crippen LogP contribution in [0.3, 0.4) is 0 Å².